The summed E-state index contributed by atoms with van der Waals surface area (Å²) in [6.07, 6.45) is 1.12. The number of imidazole rings is 1. The predicted octanol–water partition coefficient (Wildman–Crippen LogP) is 5.47. The average molecular weight is 444 g/mol. The van der Waals surface area contributed by atoms with Gasteiger partial charge in [-0.05, 0) is 49.2 Å². The molecule has 1 saturated heterocycles. The second-order valence-corrected chi connectivity index (χ2v) is 8.43. The van der Waals surface area contributed by atoms with Crippen LogP contribution in [0.4, 0.5) is 10.1 Å². The molecule has 0 N–H and O–H groups in total. The van der Waals surface area contributed by atoms with Gasteiger partial charge in [-0.3, -0.25) is 4.79 Å². The minimum atomic E-state index is -0.381. The van der Waals surface area contributed by atoms with Crippen LogP contribution < -0.4 is 9.64 Å². The van der Waals surface area contributed by atoms with Gasteiger partial charge in [-0.2, -0.15) is 0 Å². The number of para-hydroxylation sites is 4. The molecule has 33 heavy (non-hydrogen) atoms. The van der Waals surface area contributed by atoms with Crippen molar-refractivity contribution >= 4 is 22.6 Å². The van der Waals surface area contributed by atoms with E-state index in [1.165, 1.54) is 6.07 Å². The first-order valence-corrected chi connectivity index (χ1v) is 11.3. The molecule has 0 saturated carbocycles. The van der Waals surface area contributed by atoms with Crippen LogP contribution in [0.25, 0.3) is 11.0 Å². The fourth-order valence-corrected chi connectivity index (χ4v) is 4.55. The molecule has 1 fully saturated rings. The second kappa shape index (κ2) is 9.06. The van der Waals surface area contributed by atoms with Gasteiger partial charge in [-0.25, -0.2) is 9.37 Å². The van der Waals surface area contributed by atoms with Crippen LogP contribution in [0.15, 0.2) is 72.8 Å². The van der Waals surface area contributed by atoms with Crippen LogP contribution in [-0.2, 0) is 11.3 Å². The van der Waals surface area contributed by atoms with E-state index in [0.29, 0.717) is 25.3 Å². The number of amides is 1. The third kappa shape index (κ3) is 4.21. The molecule has 4 aromatic rings. The first kappa shape index (κ1) is 21.2. The summed E-state index contributed by atoms with van der Waals surface area (Å²) in [4.78, 5) is 19.2. The monoisotopic (exact) mass is 443 g/mol. The normalized spacial score (nSPS) is 16.0. The molecule has 0 spiro atoms. The van der Waals surface area contributed by atoms with Crippen LogP contribution in [0.5, 0.6) is 5.75 Å². The molecule has 5 nitrogen and oxygen atoms in total. The maximum atomic E-state index is 14.3. The third-order valence-electron chi connectivity index (χ3n) is 6.19. The first-order valence-electron chi connectivity index (χ1n) is 11.3. The lowest BCUT2D eigenvalue weighted by molar-refractivity contribution is -0.117. The number of hydrogen-bond donors (Lipinski definition) is 0. The Kier molecular flexibility index (Phi) is 5.82. The van der Waals surface area contributed by atoms with Gasteiger partial charge >= 0.3 is 0 Å². The van der Waals surface area contributed by atoms with E-state index in [4.69, 9.17) is 9.72 Å². The molecule has 1 aliphatic rings. The summed E-state index contributed by atoms with van der Waals surface area (Å²) < 4.78 is 22.5. The van der Waals surface area contributed by atoms with Crippen molar-refractivity contribution in [3.05, 3.63) is 90.0 Å². The van der Waals surface area contributed by atoms with Gasteiger partial charge < -0.3 is 14.2 Å². The van der Waals surface area contributed by atoms with Crippen molar-refractivity contribution in [2.24, 2.45) is 0 Å². The molecule has 1 amide bonds. The topological polar surface area (TPSA) is 47.4 Å². The van der Waals surface area contributed by atoms with E-state index in [1.807, 2.05) is 49.4 Å². The summed E-state index contributed by atoms with van der Waals surface area (Å²) in [7, 11) is 0. The van der Waals surface area contributed by atoms with Gasteiger partial charge in [0.05, 0.1) is 23.3 Å². The molecular formula is C27H26FN3O2. The molecular weight excluding hydrogens is 417 g/mol. The van der Waals surface area contributed by atoms with E-state index in [-0.39, 0.29) is 17.6 Å². The van der Waals surface area contributed by atoms with Gasteiger partial charge in [0.1, 0.15) is 17.4 Å². The van der Waals surface area contributed by atoms with Crippen molar-refractivity contribution in [3.8, 4) is 5.75 Å². The molecule has 2 heterocycles. The van der Waals surface area contributed by atoms with Crippen molar-refractivity contribution < 1.29 is 13.9 Å². The molecule has 168 valence electrons. The van der Waals surface area contributed by atoms with E-state index in [2.05, 4.69) is 10.6 Å². The van der Waals surface area contributed by atoms with Crippen LogP contribution in [0.1, 0.15) is 30.1 Å². The molecule has 5 rings (SSSR count). The van der Waals surface area contributed by atoms with Gasteiger partial charge in [-0.15, -0.1) is 0 Å². The number of halogens is 1. The average Bonchev–Trinajstić information content (AvgIpc) is 3.38. The Balaban J connectivity index is 1.36. The number of anilines is 1. The predicted molar refractivity (Wildman–Crippen MR) is 127 cm³/mol. The molecule has 3 aromatic carbocycles. The lowest BCUT2D eigenvalue weighted by atomic mass is 10.1. The summed E-state index contributed by atoms with van der Waals surface area (Å²) in [5.41, 5.74) is 3.40. The summed E-state index contributed by atoms with van der Waals surface area (Å²) in [5.74, 6) is 1.22. The molecule has 0 aliphatic carbocycles. The van der Waals surface area contributed by atoms with E-state index >= 15 is 0 Å². The Morgan fingerprint density at radius 3 is 2.64 bits per heavy atom. The van der Waals surface area contributed by atoms with Gasteiger partial charge in [0.25, 0.3) is 0 Å². The van der Waals surface area contributed by atoms with Crippen molar-refractivity contribution in [2.75, 3.05) is 18.1 Å². The van der Waals surface area contributed by atoms with Gasteiger partial charge in [0, 0.05) is 25.4 Å². The fraction of sp³-hybridized carbons (Fsp3) is 0.259. The molecule has 1 aliphatic heterocycles. The largest absolute Gasteiger partial charge is 0.493 e. The van der Waals surface area contributed by atoms with Crippen molar-refractivity contribution in [1.29, 1.82) is 0 Å². The maximum Gasteiger partial charge on any atom is 0.227 e. The van der Waals surface area contributed by atoms with Crippen LogP contribution in [0, 0.1) is 12.7 Å². The highest BCUT2D eigenvalue weighted by atomic mass is 19.1. The zero-order valence-electron chi connectivity index (χ0n) is 18.6. The number of rotatable bonds is 7. The summed E-state index contributed by atoms with van der Waals surface area (Å²) in [6.45, 7) is 3.77. The Labute approximate surface area is 192 Å². The first-order chi connectivity index (χ1) is 16.1. The SMILES string of the molecule is Cc1ccccc1OCCCn1c([C@H]2CC(=O)N(c3ccccc3F)C2)nc2ccccc21. The number of ether oxygens (including phenoxy) is 1. The zero-order chi connectivity index (χ0) is 22.8. The number of nitrogens with zero attached hydrogens (tertiary/aromatic N) is 3. The van der Waals surface area contributed by atoms with Crippen LogP contribution in [-0.4, -0.2) is 28.6 Å². The minimum absolute atomic E-state index is 0.0772. The second-order valence-electron chi connectivity index (χ2n) is 8.43. The standard InChI is InChI=1S/C27H26FN3O2/c1-19-9-2-7-14-25(19)33-16-8-15-30-24-13-6-4-11-22(24)29-27(30)20-17-26(32)31(18-20)23-12-5-3-10-21(23)28/h2-7,9-14,20H,8,15-18H2,1H3/t20-/m0/s1. The fourth-order valence-electron chi connectivity index (χ4n) is 4.55. The highest BCUT2D eigenvalue weighted by Crippen LogP contribution is 2.34. The quantitative estimate of drug-likeness (QED) is 0.356. The Morgan fingerprint density at radius 1 is 1.03 bits per heavy atom. The highest BCUT2D eigenvalue weighted by molar-refractivity contribution is 5.96. The number of carbonyl (C=O) groups excluding carboxylic acids is 1. The number of carbonyl (C=O) groups is 1. The molecule has 0 radical (unpaired) electrons. The molecule has 0 bridgehead atoms. The van der Waals surface area contributed by atoms with Gasteiger partial charge in [0.2, 0.25) is 5.91 Å². The van der Waals surface area contributed by atoms with Crippen molar-refractivity contribution in [1.82, 2.24) is 9.55 Å². The minimum Gasteiger partial charge on any atom is -0.493 e. The van der Waals surface area contributed by atoms with Gasteiger partial charge in [-0.1, -0.05) is 42.5 Å². The lowest BCUT2D eigenvalue weighted by Gasteiger charge is -2.18. The van der Waals surface area contributed by atoms with E-state index in [1.54, 1.807) is 23.1 Å². The Morgan fingerprint density at radius 2 is 1.79 bits per heavy atom. The Bertz CT molecular complexity index is 1300. The van der Waals surface area contributed by atoms with E-state index in [9.17, 15) is 9.18 Å². The Hall–Kier alpha value is -3.67. The highest BCUT2D eigenvalue weighted by Gasteiger charge is 2.35. The van der Waals surface area contributed by atoms with Crippen LogP contribution in [0.3, 0.4) is 0 Å². The lowest BCUT2D eigenvalue weighted by Crippen LogP contribution is -2.25. The number of fused-ring (bicyclic) bond motifs is 1. The van der Waals surface area contributed by atoms with E-state index in [0.717, 1.165) is 41.1 Å². The summed E-state index contributed by atoms with van der Waals surface area (Å²) >= 11 is 0. The number of aromatic nitrogens is 2. The number of aryl methyl sites for hydroxylation is 2. The molecule has 6 heteroatoms. The summed E-state index contributed by atoms with van der Waals surface area (Å²) in [6, 6.07) is 22.4. The smallest absolute Gasteiger partial charge is 0.227 e. The number of hydrogen-bond acceptors (Lipinski definition) is 3. The molecule has 1 atom stereocenters. The van der Waals surface area contributed by atoms with Crippen LogP contribution >= 0.6 is 0 Å². The van der Waals surface area contributed by atoms with Crippen LogP contribution in [0.2, 0.25) is 0 Å². The maximum absolute atomic E-state index is 14.3. The molecule has 0 unspecified atom stereocenters. The van der Waals surface area contributed by atoms with Gasteiger partial charge in [0.15, 0.2) is 0 Å². The van der Waals surface area contributed by atoms with E-state index < -0.39 is 0 Å². The van der Waals surface area contributed by atoms with Crippen molar-refractivity contribution in [2.45, 2.75) is 32.2 Å². The zero-order valence-corrected chi connectivity index (χ0v) is 18.6. The summed E-state index contributed by atoms with van der Waals surface area (Å²) in [5, 5.41) is 0. The third-order valence-corrected chi connectivity index (χ3v) is 6.19. The van der Waals surface area contributed by atoms with Crippen molar-refractivity contribution in [3.63, 3.8) is 0 Å². The number of benzene rings is 3. The molecule has 1 aromatic heterocycles.